The second kappa shape index (κ2) is 17.0. The normalized spacial score (nSPS) is 39.3. The summed E-state index contributed by atoms with van der Waals surface area (Å²) in [6, 6.07) is 0. The van der Waals surface area contributed by atoms with Crippen LogP contribution in [0.2, 0.25) is 0 Å². The number of fused-ring (bicyclic) bond motifs is 5. The quantitative estimate of drug-likeness (QED) is 0.101. The van der Waals surface area contributed by atoms with Crippen LogP contribution >= 0.6 is 7.75 Å². The third kappa shape index (κ3) is 9.38. The first kappa shape index (κ1) is 43.0. The van der Waals surface area contributed by atoms with Gasteiger partial charge in [-0.1, -0.05) is 92.7 Å². The third-order valence-electron chi connectivity index (χ3n) is 15.3. The molecule has 50 heavy (non-hydrogen) atoms. The Morgan fingerprint density at radius 2 is 1.66 bits per heavy atom. The molecule has 5 rings (SSSR count). The molecule has 292 valence electrons. The van der Waals surface area contributed by atoms with Crippen LogP contribution in [-0.4, -0.2) is 62.6 Å². The summed E-state index contributed by atoms with van der Waals surface area (Å²) in [5.41, 5.74) is 2.38. The first-order chi connectivity index (χ1) is 22.9. The van der Waals surface area contributed by atoms with E-state index in [-0.39, 0.29) is 34.6 Å². The molecule has 0 heterocycles. The Kier molecular flexibility index (Phi) is 14.6. The highest BCUT2D eigenvalue weighted by Gasteiger charge is 2.59. The van der Waals surface area contributed by atoms with Gasteiger partial charge >= 0.3 is 7.75 Å². The van der Waals surface area contributed by atoms with Crippen molar-refractivity contribution in [3.8, 4) is 0 Å². The van der Waals surface area contributed by atoms with E-state index in [1.807, 2.05) is 11.7 Å². The third-order valence-corrected chi connectivity index (χ3v) is 17.4. The van der Waals surface area contributed by atoms with Gasteiger partial charge in [-0.3, -0.25) is 9.05 Å². The van der Waals surface area contributed by atoms with E-state index >= 15 is 4.57 Å². The lowest BCUT2D eigenvalue weighted by molar-refractivity contribution is -0.869. The number of nitrogens with zero attached hydrogens (tertiary/aromatic N) is 2. The van der Waals surface area contributed by atoms with E-state index in [0.717, 1.165) is 78.6 Å². The smallest absolute Gasteiger partial charge is 0.408 e. The number of quaternary nitrogens is 1. The van der Waals surface area contributed by atoms with Gasteiger partial charge in [0.15, 0.2) is 0 Å². The molecule has 0 amide bonds. The molecule has 4 fully saturated rings. The highest BCUT2D eigenvalue weighted by molar-refractivity contribution is 7.51. The van der Waals surface area contributed by atoms with Crippen molar-refractivity contribution in [3.63, 3.8) is 0 Å². The van der Waals surface area contributed by atoms with Crippen LogP contribution in [0.4, 0.5) is 0 Å². The highest BCUT2D eigenvalue weighted by atomic mass is 79.9. The van der Waals surface area contributed by atoms with Gasteiger partial charge in [-0.05, 0) is 135 Å². The molecule has 0 spiro atoms. The van der Waals surface area contributed by atoms with Crippen LogP contribution in [0.25, 0.3) is 0 Å². The molecule has 0 saturated heterocycles. The second-order valence-electron chi connectivity index (χ2n) is 20.6. The fourth-order valence-electron chi connectivity index (χ4n) is 12.1. The molecular weight excluding hydrogens is 703 g/mol. The number of allylic oxidation sites excluding steroid dienone is 1. The van der Waals surface area contributed by atoms with Crippen LogP contribution in [-0.2, 0) is 13.6 Å². The Morgan fingerprint density at radius 3 is 2.32 bits per heavy atom. The van der Waals surface area contributed by atoms with Gasteiger partial charge in [0, 0.05) is 0 Å². The van der Waals surface area contributed by atoms with Crippen molar-refractivity contribution in [1.29, 1.82) is 0 Å². The minimum absolute atomic E-state index is 0. The summed E-state index contributed by atoms with van der Waals surface area (Å²) in [4.78, 5) is 0. The van der Waals surface area contributed by atoms with Crippen molar-refractivity contribution in [2.24, 2.45) is 64.1 Å². The molecule has 1 unspecified atom stereocenters. The summed E-state index contributed by atoms with van der Waals surface area (Å²) < 4.78 is 31.6. The molecule has 5 aliphatic carbocycles. The zero-order valence-corrected chi connectivity index (χ0v) is 37.2. The molecule has 0 radical (unpaired) electrons. The maximum atomic E-state index is 15.1. The SMILES string of the molecule is CC(C)CCC[C@@H](C)[C@H]1CC[C@H]2[C@@H]3CC=C4C[C@@H](OP(=O)(O[C@@H]5C[C@H](C)CC[C@H]5C(C)C)N(C)CC[N+](C)(C)C)CC[C@]4(C)[C@H]3CC[C@]12C.[Br-]. The molecule has 0 aromatic rings. The first-order valence-corrected chi connectivity index (χ1v) is 22.5. The van der Waals surface area contributed by atoms with Crippen LogP contribution in [0.15, 0.2) is 11.6 Å². The van der Waals surface area contributed by atoms with Gasteiger partial charge in [-0.2, -0.15) is 0 Å². The summed E-state index contributed by atoms with van der Waals surface area (Å²) in [6.45, 7) is 21.2. The number of rotatable bonds is 14. The highest BCUT2D eigenvalue weighted by Crippen LogP contribution is 2.68. The molecule has 0 bridgehead atoms. The number of likely N-dealkylation sites (N-methyl/N-ethyl adjacent to an activating group) is 2. The maximum Gasteiger partial charge on any atom is 0.408 e. The zero-order chi connectivity index (χ0) is 35.9. The van der Waals surface area contributed by atoms with E-state index in [9.17, 15) is 0 Å². The molecule has 5 nitrogen and oxygen atoms in total. The van der Waals surface area contributed by atoms with Gasteiger partial charge < -0.3 is 21.5 Å². The lowest BCUT2D eigenvalue weighted by Gasteiger charge is -2.58. The van der Waals surface area contributed by atoms with Crippen molar-refractivity contribution < 1.29 is 35.1 Å². The summed E-state index contributed by atoms with van der Waals surface area (Å²) in [6.07, 6.45) is 20.2. The van der Waals surface area contributed by atoms with Gasteiger partial charge in [0.1, 0.15) is 0 Å². The van der Waals surface area contributed by atoms with Crippen molar-refractivity contribution >= 4 is 7.75 Å². The van der Waals surface area contributed by atoms with E-state index in [4.69, 9.17) is 9.05 Å². The monoisotopic (exact) mass is 783 g/mol. The van der Waals surface area contributed by atoms with Gasteiger partial charge in [-0.25, -0.2) is 9.24 Å². The lowest BCUT2D eigenvalue weighted by Crippen LogP contribution is -3.00. The van der Waals surface area contributed by atoms with E-state index < -0.39 is 7.75 Å². The minimum Gasteiger partial charge on any atom is -1.00 e. The Hall–Kier alpha value is 0.290. The molecule has 0 aliphatic heterocycles. The second-order valence-corrected chi connectivity index (χ2v) is 22.6. The largest absolute Gasteiger partial charge is 1.00 e. The molecule has 0 aromatic heterocycles. The van der Waals surface area contributed by atoms with Gasteiger partial charge in [-0.15, -0.1) is 0 Å². The molecule has 4 saturated carbocycles. The van der Waals surface area contributed by atoms with E-state index in [2.05, 4.69) is 82.6 Å². The molecular formula is C43H80BrN2O3P. The fraction of sp³-hybridized carbons (Fsp3) is 0.953. The number of halogens is 1. The van der Waals surface area contributed by atoms with Crippen molar-refractivity contribution in [2.75, 3.05) is 41.3 Å². The Bertz CT molecular complexity index is 1190. The molecule has 12 atom stereocenters. The van der Waals surface area contributed by atoms with Crippen LogP contribution in [0.5, 0.6) is 0 Å². The van der Waals surface area contributed by atoms with Crippen molar-refractivity contribution in [2.45, 2.75) is 157 Å². The van der Waals surface area contributed by atoms with Gasteiger partial charge in [0.05, 0.1) is 46.4 Å². The Balaban J connectivity index is 0.00000562. The summed E-state index contributed by atoms with van der Waals surface area (Å²) >= 11 is 0. The Morgan fingerprint density at radius 1 is 0.940 bits per heavy atom. The molecule has 7 heteroatoms. The average Bonchev–Trinajstić information content (AvgIpc) is 3.36. The lowest BCUT2D eigenvalue weighted by atomic mass is 9.47. The minimum atomic E-state index is -3.49. The van der Waals surface area contributed by atoms with E-state index in [1.54, 1.807) is 5.57 Å². The summed E-state index contributed by atoms with van der Waals surface area (Å²) in [5, 5.41) is 0. The maximum absolute atomic E-state index is 15.1. The van der Waals surface area contributed by atoms with Gasteiger partial charge in [0.2, 0.25) is 0 Å². The van der Waals surface area contributed by atoms with Crippen molar-refractivity contribution in [3.05, 3.63) is 11.6 Å². The predicted octanol–water partition coefficient (Wildman–Crippen LogP) is 8.64. The molecule has 5 aliphatic rings. The Labute approximate surface area is 320 Å². The van der Waals surface area contributed by atoms with Crippen LogP contribution in [0, 0.1) is 64.1 Å². The fourth-order valence-corrected chi connectivity index (χ4v) is 13.9. The average molecular weight is 784 g/mol. The number of hydrogen-bond donors (Lipinski definition) is 0. The van der Waals surface area contributed by atoms with Crippen LogP contribution in [0.3, 0.4) is 0 Å². The zero-order valence-electron chi connectivity index (χ0n) is 34.7. The first-order valence-electron chi connectivity index (χ1n) is 21.0. The predicted molar refractivity (Wildman–Crippen MR) is 207 cm³/mol. The van der Waals surface area contributed by atoms with Crippen molar-refractivity contribution in [1.82, 2.24) is 4.67 Å². The number of hydrogen-bond acceptors (Lipinski definition) is 3. The summed E-state index contributed by atoms with van der Waals surface area (Å²) in [7, 11) is 5.11. The standard InChI is InChI=1S/C43H80N2O3P.BrH/c1-30(2)14-13-15-33(6)38-20-21-39-37-19-17-34-29-35(22-24-42(34,7)40(37)23-25-43(38,39)8)47-49(46,44(9)26-27-45(10,11)12)48-41-28-32(5)16-18-36(41)31(3)4;/h17,30-33,35-41H,13-16,18-29H2,1-12H3;1H/q+1;/p-1/t32-,33-,35+,36+,37+,38-,39+,40+,41-,42+,43-,49?;/m1./s1. The van der Waals surface area contributed by atoms with Crippen LogP contribution < -0.4 is 17.0 Å². The molecule has 0 aromatic carbocycles. The van der Waals surface area contributed by atoms with E-state index in [1.165, 1.54) is 57.8 Å². The van der Waals surface area contributed by atoms with E-state index in [0.29, 0.717) is 29.7 Å². The topological polar surface area (TPSA) is 38.8 Å². The molecule has 0 N–H and O–H groups in total. The summed E-state index contributed by atoms with van der Waals surface area (Å²) in [5.74, 6) is 6.62. The van der Waals surface area contributed by atoms with Crippen LogP contribution in [0.1, 0.15) is 145 Å². The van der Waals surface area contributed by atoms with Gasteiger partial charge in [0.25, 0.3) is 0 Å².